The molecule has 0 spiro atoms. The van der Waals surface area contributed by atoms with Gasteiger partial charge in [0.2, 0.25) is 0 Å². The Hall–Kier alpha value is -0.990. The Kier molecular flexibility index (Phi) is 1.60. The summed E-state index contributed by atoms with van der Waals surface area (Å²) in [5.41, 5.74) is -1.39. The van der Waals surface area contributed by atoms with Gasteiger partial charge in [-0.25, -0.2) is 8.78 Å². The normalized spacial score (nSPS) is 34.3. The van der Waals surface area contributed by atoms with Crippen LogP contribution in [-0.4, -0.2) is 11.2 Å². The highest BCUT2D eigenvalue weighted by atomic mass is 19.2. The highest BCUT2D eigenvalue weighted by Crippen LogP contribution is 2.46. The van der Waals surface area contributed by atoms with E-state index in [2.05, 4.69) is 4.98 Å². The van der Waals surface area contributed by atoms with Crippen LogP contribution in [0.15, 0.2) is 24.5 Å². The number of aromatic nitrogens is 1. The van der Waals surface area contributed by atoms with Crippen molar-refractivity contribution in [3.05, 3.63) is 30.1 Å². The van der Waals surface area contributed by atoms with Crippen molar-refractivity contribution in [1.29, 1.82) is 0 Å². The fourth-order valence-corrected chi connectivity index (χ4v) is 1.44. The molecule has 1 aromatic rings. The van der Waals surface area contributed by atoms with Crippen molar-refractivity contribution >= 4 is 0 Å². The largest absolute Gasteiger partial charge is 0.264 e. The summed E-state index contributed by atoms with van der Waals surface area (Å²) in [6.07, 6.45) is 2.21. The predicted octanol–water partition coefficient (Wildman–Crippen LogP) is 2.38. The van der Waals surface area contributed by atoms with Crippen LogP contribution in [0.1, 0.15) is 18.4 Å². The Morgan fingerprint density at radius 2 is 2.42 bits per heavy atom. The number of hydrogen-bond acceptors (Lipinski definition) is 1. The molecule has 0 saturated heterocycles. The second-order valence-electron chi connectivity index (χ2n) is 3.11. The second kappa shape index (κ2) is 2.51. The summed E-state index contributed by atoms with van der Waals surface area (Å²) in [5.74, 6) is 0. The first-order valence-electron chi connectivity index (χ1n) is 3.97. The van der Waals surface area contributed by atoms with Crippen LogP contribution in [0, 0.1) is 0 Å². The van der Waals surface area contributed by atoms with Crippen LogP contribution >= 0.6 is 0 Å². The maximum atomic E-state index is 13.6. The first kappa shape index (κ1) is 7.65. The highest BCUT2D eigenvalue weighted by Gasteiger charge is 2.49. The summed E-state index contributed by atoms with van der Waals surface area (Å²) in [6.45, 7) is 0. The zero-order valence-corrected chi connectivity index (χ0v) is 6.50. The molecule has 0 aromatic carbocycles. The zero-order chi connectivity index (χ0) is 8.60. The quantitative estimate of drug-likeness (QED) is 0.629. The van der Waals surface area contributed by atoms with Gasteiger partial charge in [-0.1, -0.05) is 6.07 Å². The third-order valence-electron chi connectivity index (χ3n) is 2.40. The van der Waals surface area contributed by atoms with Crippen molar-refractivity contribution in [2.45, 2.75) is 24.7 Å². The number of rotatable bonds is 1. The molecule has 2 rings (SSSR count). The molecule has 0 bridgehead atoms. The Morgan fingerprint density at radius 1 is 1.58 bits per heavy atom. The highest BCUT2D eigenvalue weighted by molar-refractivity contribution is 5.23. The van der Waals surface area contributed by atoms with Crippen molar-refractivity contribution in [3.63, 3.8) is 0 Å². The van der Waals surface area contributed by atoms with Crippen LogP contribution in [0.2, 0.25) is 0 Å². The lowest BCUT2D eigenvalue weighted by Crippen LogP contribution is -2.42. The molecule has 1 fully saturated rings. The van der Waals surface area contributed by atoms with Crippen molar-refractivity contribution in [3.8, 4) is 0 Å². The minimum Gasteiger partial charge on any atom is -0.264 e. The van der Waals surface area contributed by atoms with Gasteiger partial charge < -0.3 is 0 Å². The first-order chi connectivity index (χ1) is 5.73. The van der Waals surface area contributed by atoms with Gasteiger partial charge in [0.1, 0.15) is 6.17 Å². The summed E-state index contributed by atoms with van der Waals surface area (Å²) < 4.78 is 26.5. The average molecular weight is 169 g/mol. The molecule has 1 aliphatic carbocycles. The van der Waals surface area contributed by atoms with Gasteiger partial charge in [0, 0.05) is 18.0 Å². The zero-order valence-electron chi connectivity index (χ0n) is 6.50. The third kappa shape index (κ3) is 0.924. The van der Waals surface area contributed by atoms with E-state index in [-0.39, 0.29) is 6.42 Å². The van der Waals surface area contributed by atoms with E-state index in [0.29, 0.717) is 12.0 Å². The number of nitrogens with zero attached hydrogens (tertiary/aromatic N) is 1. The molecule has 1 heterocycles. The van der Waals surface area contributed by atoms with Gasteiger partial charge in [-0.3, -0.25) is 4.98 Å². The molecule has 0 aliphatic heterocycles. The molecule has 1 nitrogen and oxygen atoms in total. The van der Waals surface area contributed by atoms with Crippen LogP contribution in [0.4, 0.5) is 8.78 Å². The molecule has 3 heteroatoms. The standard InChI is InChI=1S/C9H9F2N/c10-8-3-4-9(8,11)7-2-1-5-12-6-7/h1-2,5-6,8H,3-4H2/t8-,9-/m1/s1. The number of pyridine rings is 1. The molecule has 0 amide bonds. The lowest BCUT2D eigenvalue weighted by molar-refractivity contribution is -0.0431. The maximum Gasteiger partial charge on any atom is 0.168 e. The molecular formula is C9H9F2N. The van der Waals surface area contributed by atoms with E-state index in [0.717, 1.165) is 0 Å². The van der Waals surface area contributed by atoms with Gasteiger partial charge in [-0.05, 0) is 18.9 Å². The number of alkyl halides is 2. The average Bonchev–Trinajstić information content (AvgIpc) is 2.16. The maximum absolute atomic E-state index is 13.6. The summed E-state index contributed by atoms with van der Waals surface area (Å²) in [6, 6.07) is 3.21. The topological polar surface area (TPSA) is 12.9 Å². The van der Waals surface area contributed by atoms with Crippen molar-refractivity contribution in [1.82, 2.24) is 4.98 Å². The Bertz CT molecular complexity index is 275. The molecular weight excluding hydrogens is 160 g/mol. The van der Waals surface area contributed by atoms with Crippen LogP contribution in [0.25, 0.3) is 0 Å². The molecule has 0 N–H and O–H groups in total. The van der Waals surface area contributed by atoms with E-state index < -0.39 is 11.8 Å². The van der Waals surface area contributed by atoms with Crippen LogP contribution in [0.3, 0.4) is 0 Å². The van der Waals surface area contributed by atoms with Crippen LogP contribution < -0.4 is 0 Å². The minimum atomic E-state index is -1.76. The Labute approximate surface area is 69.4 Å². The fourth-order valence-electron chi connectivity index (χ4n) is 1.44. The molecule has 12 heavy (non-hydrogen) atoms. The molecule has 1 aliphatic rings. The van der Waals surface area contributed by atoms with E-state index in [1.807, 2.05) is 0 Å². The monoisotopic (exact) mass is 169 g/mol. The molecule has 0 radical (unpaired) electrons. The second-order valence-corrected chi connectivity index (χ2v) is 3.11. The summed E-state index contributed by atoms with van der Waals surface area (Å²) in [7, 11) is 0. The Balaban J connectivity index is 2.31. The van der Waals surface area contributed by atoms with E-state index >= 15 is 0 Å². The SMILES string of the molecule is F[C@@H]1CC[C@@]1(F)c1cccnc1. The van der Waals surface area contributed by atoms with Gasteiger partial charge in [0.25, 0.3) is 0 Å². The van der Waals surface area contributed by atoms with E-state index in [4.69, 9.17) is 0 Å². The van der Waals surface area contributed by atoms with Crippen molar-refractivity contribution in [2.75, 3.05) is 0 Å². The molecule has 0 unspecified atom stereocenters. The molecule has 64 valence electrons. The van der Waals surface area contributed by atoms with Gasteiger partial charge in [-0.15, -0.1) is 0 Å². The smallest absolute Gasteiger partial charge is 0.168 e. The van der Waals surface area contributed by atoms with Crippen LogP contribution in [0.5, 0.6) is 0 Å². The Morgan fingerprint density at radius 3 is 2.83 bits per heavy atom. The van der Waals surface area contributed by atoms with Crippen molar-refractivity contribution in [2.24, 2.45) is 0 Å². The van der Waals surface area contributed by atoms with Gasteiger partial charge in [-0.2, -0.15) is 0 Å². The van der Waals surface area contributed by atoms with Gasteiger partial charge >= 0.3 is 0 Å². The minimum absolute atomic E-state index is 0.278. The predicted molar refractivity (Wildman–Crippen MR) is 41.2 cm³/mol. The number of hydrogen-bond donors (Lipinski definition) is 0. The third-order valence-corrected chi connectivity index (χ3v) is 2.40. The molecule has 1 saturated carbocycles. The fraction of sp³-hybridized carbons (Fsp3) is 0.444. The summed E-state index contributed by atoms with van der Waals surface area (Å²) in [4.78, 5) is 3.76. The number of halogens is 2. The summed E-state index contributed by atoms with van der Waals surface area (Å²) in [5, 5.41) is 0. The van der Waals surface area contributed by atoms with E-state index in [1.54, 1.807) is 18.3 Å². The lowest BCUT2D eigenvalue weighted by Gasteiger charge is -2.37. The lowest BCUT2D eigenvalue weighted by atomic mass is 9.75. The molecule has 2 atom stereocenters. The summed E-state index contributed by atoms with van der Waals surface area (Å²) >= 11 is 0. The van der Waals surface area contributed by atoms with Gasteiger partial charge in [0.15, 0.2) is 5.67 Å². The molecule has 1 aromatic heterocycles. The first-order valence-corrected chi connectivity index (χ1v) is 3.97. The van der Waals surface area contributed by atoms with E-state index in [9.17, 15) is 8.78 Å². The van der Waals surface area contributed by atoms with Crippen molar-refractivity contribution < 1.29 is 8.78 Å². The van der Waals surface area contributed by atoms with E-state index in [1.165, 1.54) is 6.20 Å². The van der Waals surface area contributed by atoms with Crippen LogP contribution in [-0.2, 0) is 5.67 Å². The van der Waals surface area contributed by atoms with Gasteiger partial charge in [0.05, 0.1) is 0 Å².